The Morgan fingerprint density at radius 1 is 1.19 bits per heavy atom. The van der Waals surface area contributed by atoms with Crippen LogP contribution in [0, 0.1) is 0 Å². The summed E-state index contributed by atoms with van der Waals surface area (Å²) in [5, 5.41) is 17.6. The van der Waals surface area contributed by atoms with Gasteiger partial charge in [0.15, 0.2) is 18.9 Å². The Morgan fingerprint density at radius 2 is 1.81 bits per heavy atom. The summed E-state index contributed by atoms with van der Waals surface area (Å²) in [6, 6.07) is 11.5. The zero-order valence-electron chi connectivity index (χ0n) is 13.7. The van der Waals surface area contributed by atoms with Gasteiger partial charge in [0.1, 0.15) is 11.7 Å². The first-order valence-electron chi connectivity index (χ1n) is 7.23. The molecule has 2 rings (SSSR count). The van der Waals surface area contributed by atoms with Crippen molar-refractivity contribution in [2.24, 2.45) is 0 Å². The Hall–Kier alpha value is -3.10. The van der Waals surface area contributed by atoms with Crippen molar-refractivity contribution in [3.05, 3.63) is 59.9 Å². The summed E-state index contributed by atoms with van der Waals surface area (Å²) in [4.78, 5) is 19.5. The summed E-state index contributed by atoms with van der Waals surface area (Å²) < 4.78 is 38.8. The molecule has 0 bridgehead atoms. The van der Waals surface area contributed by atoms with Crippen LogP contribution in [0.3, 0.4) is 0 Å². The van der Waals surface area contributed by atoms with Gasteiger partial charge in [-0.15, -0.1) is 0 Å². The van der Waals surface area contributed by atoms with E-state index >= 15 is 0 Å². The van der Waals surface area contributed by atoms with E-state index < -0.39 is 18.1 Å². The van der Waals surface area contributed by atoms with Gasteiger partial charge in [-0.3, -0.25) is 4.79 Å². The van der Waals surface area contributed by atoms with E-state index in [2.05, 4.69) is 0 Å². The SMILES string of the molecule is COc1ccccc1C[n+]1cccc(CC(=O)O)c1.O=C([O-])C(F)(F)F. The smallest absolute Gasteiger partial charge is 0.430 e. The summed E-state index contributed by atoms with van der Waals surface area (Å²) >= 11 is 0. The Morgan fingerprint density at radius 3 is 2.35 bits per heavy atom. The number of aromatic nitrogens is 1. The molecule has 0 aliphatic heterocycles. The normalized spacial score (nSPS) is 10.5. The van der Waals surface area contributed by atoms with Crippen LogP contribution in [0.4, 0.5) is 13.2 Å². The zero-order valence-corrected chi connectivity index (χ0v) is 13.7. The van der Waals surface area contributed by atoms with E-state index in [0.717, 1.165) is 16.9 Å². The predicted octanol–water partition coefficient (Wildman–Crippen LogP) is 0.957. The van der Waals surface area contributed by atoms with Gasteiger partial charge in [0.25, 0.3) is 0 Å². The van der Waals surface area contributed by atoms with Crippen LogP contribution in [-0.2, 0) is 22.6 Å². The van der Waals surface area contributed by atoms with Gasteiger partial charge in [-0.1, -0.05) is 12.1 Å². The van der Waals surface area contributed by atoms with Gasteiger partial charge >= 0.3 is 12.1 Å². The van der Waals surface area contributed by atoms with Crippen molar-refractivity contribution in [1.29, 1.82) is 0 Å². The van der Waals surface area contributed by atoms with E-state index in [1.54, 1.807) is 7.11 Å². The third-order valence-corrected chi connectivity index (χ3v) is 3.05. The lowest BCUT2D eigenvalue weighted by Gasteiger charge is -2.05. The minimum absolute atomic E-state index is 0.0345. The second-order valence-electron chi connectivity index (χ2n) is 5.05. The van der Waals surface area contributed by atoms with Crippen LogP contribution in [0.1, 0.15) is 11.1 Å². The first-order valence-corrected chi connectivity index (χ1v) is 7.23. The number of hydrogen-bond donors (Lipinski definition) is 1. The second-order valence-corrected chi connectivity index (χ2v) is 5.05. The van der Waals surface area contributed by atoms with Crippen molar-refractivity contribution in [2.75, 3.05) is 7.11 Å². The minimum atomic E-state index is -5.19. The minimum Gasteiger partial charge on any atom is -0.542 e. The Kier molecular flexibility index (Phi) is 7.57. The number of aliphatic carboxylic acids is 2. The van der Waals surface area contributed by atoms with E-state index in [1.807, 2.05) is 53.4 Å². The fraction of sp³-hybridized carbons (Fsp3) is 0.235. The van der Waals surface area contributed by atoms with Crippen LogP contribution in [0.25, 0.3) is 0 Å². The molecular formula is C17H16F3NO5. The van der Waals surface area contributed by atoms with Crippen molar-refractivity contribution in [3.8, 4) is 5.75 Å². The number of carboxylic acids is 2. The van der Waals surface area contributed by atoms with Crippen LogP contribution in [0.2, 0.25) is 0 Å². The van der Waals surface area contributed by atoms with Gasteiger partial charge in [0.05, 0.1) is 19.1 Å². The molecule has 0 unspecified atom stereocenters. The van der Waals surface area contributed by atoms with Crippen molar-refractivity contribution in [2.45, 2.75) is 19.1 Å². The lowest BCUT2D eigenvalue weighted by atomic mass is 10.2. The fourth-order valence-corrected chi connectivity index (χ4v) is 1.98. The predicted molar refractivity (Wildman–Crippen MR) is 81.1 cm³/mol. The van der Waals surface area contributed by atoms with E-state index in [4.69, 9.17) is 19.7 Å². The number of ether oxygens (including phenoxy) is 1. The average molecular weight is 371 g/mol. The summed E-state index contributed by atoms with van der Waals surface area (Å²) in [7, 11) is 1.64. The van der Waals surface area contributed by atoms with Crippen LogP contribution in [0.5, 0.6) is 5.75 Å². The third kappa shape index (κ3) is 7.20. The summed E-state index contributed by atoms with van der Waals surface area (Å²) in [5.74, 6) is -3.00. The molecule has 6 nitrogen and oxygen atoms in total. The number of benzene rings is 1. The van der Waals surface area contributed by atoms with E-state index in [0.29, 0.717) is 6.54 Å². The standard InChI is InChI=1S/C15H15NO3.C2HF3O2/c1-19-14-7-3-2-6-13(14)11-16-8-4-5-12(10-16)9-15(17)18;3-2(4,5)1(6)7/h2-8,10H,9,11H2,1H3;(H,6,7). The van der Waals surface area contributed by atoms with Crippen molar-refractivity contribution < 1.29 is 42.3 Å². The number of carbonyl (C=O) groups excluding carboxylic acids is 1. The number of pyridine rings is 1. The van der Waals surface area contributed by atoms with Gasteiger partial charge < -0.3 is 19.7 Å². The van der Waals surface area contributed by atoms with Crippen molar-refractivity contribution in [1.82, 2.24) is 0 Å². The Labute approximate surface area is 147 Å². The highest BCUT2D eigenvalue weighted by molar-refractivity contribution is 5.70. The Bertz CT molecular complexity index is 762. The molecule has 1 aromatic heterocycles. The first-order chi connectivity index (χ1) is 12.1. The molecule has 1 heterocycles. The van der Waals surface area contributed by atoms with Crippen LogP contribution in [0.15, 0.2) is 48.8 Å². The molecule has 140 valence electrons. The molecular weight excluding hydrogens is 355 g/mol. The van der Waals surface area contributed by atoms with Crippen molar-refractivity contribution in [3.63, 3.8) is 0 Å². The molecule has 1 N–H and O–H groups in total. The largest absolute Gasteiger partial charge is 0.542 e. The first kappa shape index (κ1) is 20.9. The molecule has 0 atom stereocenters. The number of hydrogen-bond acceptors (Lipinski definition) is 4. The number of carbonyl (C=O) groups is 2. The maximum Gasteiger partial charge on any atom is 0.430 e. The second kappa shape index (κ2) is 9.40. The highest BCUT2D eigenvalue weighted by atomic mass is 19.4. The molecule has 0 spiro atoms. The van der Waals surface area contributed by atoms with Gasteiger partial charge in [0, 0.05) is 11.6 Å². The summed E-state index contributed by atoms with van der Waals surface area (Å²) in [6.07, 6.45) is -1.40. The van der Waals surface area contributed by atoms with Crippen molar-refractivity contribution >= 4 is 11.9 Å². The maximum atomic E-state index is 10.7. The number of nitrogens with zero attached hydrogens (tertiary/aromatic N) is 1. The number of para-hydroxylation sites is 1. The number of halogens is 3. The summed E-state index contributed by atoms with van der Waals surface area (Å²) in [6.45, 7) is 0.650. The lowest BCUT2D eigenvalue weighted by molar-refractivity contribution is -0.688. The molecule has 1 aromatic carbocycles. The fourth-order valence-electron chi connectivity index (χ4n) is 1.98. The lowest BCUT2D eigenvalue weighted by Crippen LogP contribution is -2.37. The highest BCUT2D eigenvalue weighted by Crippen LogP contribution is 2.16. The topological polar surface area (TPSA) is 90.5 Å². The van der Waals surface area contributed by atoms with Gasteiger partial charge in [-0.2, -0.15) is 13.2 Å². The zero-order chi connectivity index (χ0) is 19.7. The number of alkyl halides is 3. The summed E-state index contributed by atoms with van der Waals surface area (Å²) in [5.41, 5.74) is 1.84. The van der Waals surface area contributed by atoms with E-state index in [-0.39, 0.29) is 6.42 Å². The molecule has 26 heavy (non-hydrogen) atoms. The van der Waals surface area contributed by atoms with Gasteiger partial charge in [-0.25, -0.2) is 4.57 Å². The van der Waals surface area contributed by atoms with E-state index in [1.165, 1.54) is 0 Å². The molecule has 9 heteroatoms. The third-order valence-electron chi connectivity index (χ3n) is 3.05. The molecule has 2 aromatic rings. The van der Waals surface area contributed by atoms with Crippen LogP contribution >= 0.6 is 0 Å². The molecule has 0 aliphatic rings. The quantitative estimate of drug-likeness (QED) is 0.791. The molecule has 0 saturated carbocycles. The van der Waals surface area contributed by atoms with Gasteiger partial charge in [-0.05, 0) is 18.2 Å². The molecule has 0 saturated heterocycles. The number of rotatable bonds is 5. The number of methoxy groups -OCH3 is 1. The Balaban J connectivity index is 0.000000412. The van der Waals surface area contributed by atoms with E-state index in [9.17, 15) is 18.0 Å². The molecule has 0 radical (unpaired) electrons. The number of carboxylic acid groups (broad SMARTS) is 2. The van der Waals surface area contributed by atoms with Crippen LogP contribution in [-0.4, -0.2) is 30.3 Å². The van der Waals surface area contributed by atoms with Gasteiger partial charge in [0.2, 0.25) is 0 Å². The van der Waals surface area contributed by atoms with Crippen LogP contribution < -0.4 is 14.4 Å². The molecule has 0 fully saturated rings. The average Bonchev–Trinajstić information content (AvgIpc) is 2.55. The highest BCUT2D eigenvalue weighted by Gasteiger charge is 2.28. The molecule has 0 amide bonds. The molecule has 0 aliphatic carbocycles. The maximum absolute atomic E-state index is 10.7. The monoisotopic (exact) mass is 371 g/mol.